The van der Waals surface area contributed by atoms with Crippen molar-refractivity contribution < 1.29 is 34.0 Å². The summed E-state index contributed by atoms with van der Waals surface area (Å²) in [6, 6.07) is 0. The smallest absolute Gasteiger partial charge is 0.302 e. The van der Waals surface area contributed by atoms with Crippen LogP contribution in [0.5, 0.6) is 0 Å². The van der Waals surface area contributed by atoms with Gasteiger partial charge < -0.3 is 14.7 Å². The van der Waals surface area contributed by atoms with Gasteiger partial charge in [0.25, 0.3) is 0 Å². The summed E-state index contributed by atoms with van der Waals surface area (Å²) in [4.78, 5) is 25.4. The average molecular weight is 263 g/mol. The van der Waals surface area contributed by atoms with E-state index in [1.807, 2.05) is 0 Å². The fraction of sp³-hybridized carbons (Fsp3) is 1.00. The van der Waals surface area contributed by atoms with Gasteiger partial charge in [0.05, 0.1) is 6.61 Å². The van der Waals surface area contributed by atoms with E-state index >= 15 is 0 Å². The Morgan fingerprint density at radius 3 is 2.40 bits per heavy atom. The first-order chi connectivity index (χ1) is 7.27. The van der Waals surface area contributed by atoms with E-state index in [2.05, 4.69) is 8.83 Å². The summed E-state index contributed by atoms with van der Waals surface area (Å²) in [6.45, 7) is 0.215. The fourth-order valence-electron chi connectivity index (χ4n) is 0.794. The molecule has 1 unspecified atom stereocenters. The van der Waals surface area contributed by atoms with E-state index in [-0.39, 0.29) is 6.61 Å². The van der Waals surface area contributed by atoms with Gasteiger partial charge in [-0.15, -0.1) is 0 Å². The summed E-state index contributed by atoms with van der Waals surface area (Å²) in [5.74, 6) is 0. The molecule has 0 fully saturated rings. The third-order valence-electron chi connectivity index (χ3n) is 1.36. The summed E-state index contributed by atoms with van der Waals surface area (Å²) in [7, 11) is -9.69. The van der Waals surface area contributed by atoms with Gasteiger partial charge >= 0.3 is 15.6 Å². The first kappa shape index (κ1) is 13.3. The summed E-state index contributed by atoms with van der Waals surface area (Å²) in [5.41, 5.74) is 0. The maximum Gasteiger partial charge on any atom is 0.481 e. The molecule has 0 aromatic carbocycles. The SMILES string of the molecule is [2H]CCCCCCOP(=O)(O)OP(=O)(O)O. The van der Waals surface area contributed by atoms with Crippen LogP contribution in [0, 0.1) is 0 Å². The lowest BCUT2D eigenvalue weighted by Gasteiger charge is -2.11. The fourth-order valence-corrected chi connectivity index (χ4v) is 2.42. The van der Waals surface area contributed by atoms with Crippen LogP contribution in [-0.4, -0.2) is 21.3 Å². The van der Waals surface area contributed by atoms with Crippen LogP contribution in [0.4, 0.5) is 0 Å². The molecular formula is C6H16O7P2. The van der Waals surface area contributed by atoms with Gasteiger partial charge in [-0.1, -0.05) is 26.2 Å². The standard InChI is InChI=1S/C6H16O7P2/c1-2-3-4-5-6-12-15(10,11)13-14(7,8)9/h2-6H2,1H3,(H,10,11)(H2,7,8,9)/i1D. The van der Waals surface area contributed by atoms with Gasteiger partial charge in [0, 0.05) is 1.37 Å². The molecule has 0 saturated carbocycles. The minimum Gasteiger partial charge on any atom is -0.302 e. The summed E-state index contributed by atoms with van der Waals surface area (Å²) >= 11 is 0. The molecule has 92 valence electrons. The van der Waals surface area contributed by atoms with Gasteiger partial charge in [0.1, 0.15) is 0 Å². The number of phosphoric acid groups is 2. The second kappa shape index (κ2) is 6.76. The summed E-state index contributed by atoms with van der Waals surface area (Å²) in [6.07, 6.45) is 2.74. The van der Waals surface area contributed by atoms with Crippen molar-refractivity contribution >= 4 is 15.6 Å². The Bertz CT molecular complexity index is 278. The molecule has 0 aliphatic heterocycles. The molecule has 9 heteroatoms. The van der Waals surface area contributed by atoms with E-state index in [1.165, 1.54) is 0 Å². The van der Waals surface area contributed by atoms with E-state index in [9.17, 15) is 9.13 Å². The van der Waals surface area contributed by atoms with Crippen molar-refractivity contribution in [1.82, 2.24) is 0 Å². The predicted octanol–water partition coefficient (Wildman–Crippen LogP) is 1.79. The molecule has 3 N–H and O–H groups in total. The maximum atomic E-state index is 10.9. The Balaban J connectivity index is 3.67. The van der Waals surface area contributed by atoms with Gasteiger partial charge in [-0.25, -0.2) is 9.13 Å². The number of hydrogen-bond acceptors (Lipinski definition) is 4. The highest BCUT2D eigenvalue weighted by Gasteiger charge is 2.31. The van der Waals surface area contributed by atoms with Gasteiger partial charge in [-0.3, -0.25) is 4.52 Å². The number of phosphoric ester groups is 1. The van der Waals surface area contributed by atoms with Crippen molar-refractivity contribution in [3.8, 4) is 0 Å². The molecule has 0 rings (SSSR count). The maximum absolute atomic E-state index is 10.9. The first-order valence-electron chi connectivity index (χ1n) is 5.01. The van der Waals surface area contributed by atoms with Crippen molar-refractivity contribution in [3.63, 3.8) is 0 Å². The van der Waals surface area contributed by atoms with E-state index in [0.29, 0.717) is 13.3 Å². The zero-order valence-electron chi connectivity index (χ0n) is 9.11. The Morgan fingerprint density at radius 1 is 1.20 bits per heavy atom. The molecule has 1 atom stereocenters. The van der Waals surface area contributed by atoms with Gasteiger partial charge in [-0.05, 0) is 6.42 Å². The molecule has 7 nitrogen and oxygen atoms in total. The Hall–Kier alpha value is 0.260. The van der Waals surface area contributed by atoms with Crippen molar-refractivity contribution in [2.45, 2.75) is 32.6 Å². The highest BCUT2D eigenvalue weighted by molar-refractivity contribution is 7.60. The monoisotopic (exact) mass is 263 g/mol. The first-order valence-corrected chi connectivity index (χ1v) is 7.33. The third kappa shape index (κ3) is 10.5. The predicted molar refractivity (Wildman–Crippen MR) is 53.0 cm³/mol. The van der Waals surface area contributed by atoms with E-state index < -0.39 is 15.6 Å². The number of rotatable bonds is 8. The van der Waals surface area contributed by atoms with Crippen LogP contribution >= 0.6 is 15.6 Å². The van der Waals surface area contributed by atoms with Crippen molar-refractivity contribution in [1.29, 1.82) is 0 Å². The van der Waals surface area contributed by atoms with Crippen LogP contribution in [0.25, 0.3) is 0 Å². The molecule has 0 aliphatic rings. The molecule has 0 aromatic rings. The number of unbranched alkanes of at least 4 members (excludes halogenated alkanes) is 3. The average Bonchev–Trinajstić information content (AvgIpc) is 2.06. The second-order valence-electron chi connectivity index (χ2n) is 2.79. The molecule has 15 heavy (non-hydrogen) atoms. The quantitative estimate of drug-likeness (QED) is 0.452. The minimum atomic E-state index is -5.02. The largest absolute Gasteiger partial charge is 0.481 e. The van der Waals surface area contributed by atoms with E-state index in [0.717, 1.165) is 19.3 Å². The lowest BCUT2D eigenvalue weighted by atomic mass is 10.2. The van der Waals surface area contributed by atoms with Gasteiger partial charge in [0.2, 0.25) is 0 Å². The highest BCUT2D eigenvalue weighted by Crippen LogP contribution is 2.57. The van der Waals surface area contributed by atoms with Crippen LogP contribution in [0.1, 0.15) is 34.0 Å². The van der Waals surface area contributed by atoms with Gasteiger partial charge in [-0.2, -0.15) is 4.31 Å². The molecule has 0 amide bonds. The van der Waals surface area contributed by atoms with Crippen LogP contribution in [0.3, 0.4) is 0 Å². The molecule has 0 saturated heterocycles. The molecule has 0 heterocycles. The Labute approximate surface area is 89.7 Å². The third-order valence-corrected chi connectivity index (χ3v) is 3.54. The van der Waals surface area contributed by atoms with E-state index in [1.54, 1.807) is 0 Å². The lowest BCUT2D eigenvalue weighted by Crippen LogP contribution is -1.96. The Morgan fingerprint density at radius 2 is 1.87 bits per heavy atom. The van der Waals surface area contributed by atoms with Crippen LogP contribution in [0.2, 0.25) is 0 Å². The zero-order chi connectivity index (χ0) is 12.7. The van der Waals surface area contributed by atoms with Crippen LogP contribution in [0.15, 0.2) is 0 Å². The molecule has 0 spiro atoms. The van der Waals surface area contributed by atoms with Crippen molar-refractivity contribution in [2.75, 3.05) is 6.61 Å². The lowest BCUT2D eigenvalue weighted by molar-refractivity contribution is 0.176. The Kier molecular flexibility index (Phi) is 6.00. The summed E-state index contributed by atoms with van der Waals surface area (Å²) < 4.78 is 35.9. The summed E-state index contributed by atoms with van der Waals surface area (Å²) in [5, 5.41) is 0. The minimum absolute atomic E-state index is 0.119. The topological polar surface area (TPSA) is 113 Å². The van der Waals surface area contributed by atoms with E-state index in [4.69, 9.17) is 16.1 Å². The molecule has 0 aliphatic carbocycles. The number of hydrogen-bond donors (Lipinski definition) is 3. The second-order valence-corrected chi connectivity index (χ2v) is 5.62. The van der Waals surface area contributed by atoms with Gasteiger partial charge in [0.15, 0.2) is 0 Å². The highest BCUT2D eigenvalue weighted by atomic mass is 31.3. The molecular weight excluding hydrogens is 246 g/mol. The van der Waals surface area contributed by atoms with Crippen LogP contribution in [-0.2, 0) is 18.0 Å². The molecule has 0 aromatic heterocycles. The molecule has 0 bridgehead atoms. The zero-order valence-corrected chi connectivity index (χ0v) is 9.90. The normalized spacial score (nSPS) is 17.1. The molecule has 0 radical (unpaired) electrons. The van der Waals surface area contributed by atoms with Crippen molar-refractivity contribution in [3.05, 3.63) is 0 Å². The van der Waals surface area contributed by atoms with Crippen LogP contribution < -0.4 is 0 Å². The van der Waals surface area contributed by atoms with Crippen molar-refractivity contribution in [2.24, 2.45) is 0 Å².